The monoisotopic (exact) mass is 391 g/mol. The number of terminal acetylenes is 1. The van der Waals surface area contributed by atoms with E-state index in [0.29, 0.717) is 40.0 Å². The maximum absolute atomic E-state index is 6.36. The molecule has 0 radical (unpaired) electrons. The topological polar surface area (TPSA) is 69.6 Å². The van der Waals surface area contributed by atoms with E-state index in [1.165, 1.54) is 18.1 Å². The Hall–Kier alpha value is -1.94. The van der Waals surface area contributed by atoms with E-state index in [4.69, 9.17) is 35.4 Å². The number of anilines is 1. The van der Waals surface area contributed by atoms with Crippen molar-refractivity contribution >= 4 is 51.9 Å². The number of nitrogen functional groups attached to an aromatic ring is 1. The van der Waals surface area contributed by atoms with Gasteiger partial charge in [-0.3, -0.25) is 0 Å². The van der Waals surface area contributed by atoms with Gasteiger partial charge in [-0.15, -0.1) is 12.3 Å². The van der Waals surface area contributed by atoms with Crippen LogP contribution in [0.1, 0.15) is 18.4 Å². The zero-order valence-corrected chi connectivity index (χ0v) is 15.8. The van der Waals surface area contributed by atoms with E-state index in [9.17, 15) is 0 Å². The van der Waals surface area contributed by atoms with Gasteiger partial charge in [0.25, 0.3) is 0 Å². The Balaban J connectivity index is 2.06. The molecule has 0 amide bonds. The fourth-order valence-corrected chi connectivity index (χ4v) is 3.87. The Morgan fingerprint density at radius 3 is 2.84 bits per heavy atom. The van der Waals surface area contributed by atoms with Crippen LogP contribution in [0.2, 0.25) is 10.0 Å². The van der Waals surface area contributed by atoms with Gasteiger partial charge in [0.2, 0.25) is 0 Å². The second kappa shape index (κ2) is 7.52. The number of hydrogen-bond donors (Lipinski definition) is 1. The summed E-state index contributed by atoms with van der Waals surface area (Å²) in [5.41, 5.74) is 8.12. The lowest BCUT2D eigenvalue weighted by Crippen LogP contribution is -2.02. The van der Waals surface area contributed by atoms with Crippen molar-refractivity contribution in [3.63, 3.8) is 0 Å². The average Bonchev–Trinajstić information content (AvgIpc) is 2.92. The average molecular weight is 392 g/mol. The van der Waals surface area contributed by atoms with Crippen molar-refractivity contribution < 1.29 is 0 Å². The van der Waals surface area contributed by atoms with Crippen molar-refractivity contribution in [2.24, 2.45) is 0 Å². The fourth-order valence-electron chi connectivity index (χ4n) is 2.36. The fraction of sp³-hybridized carbons (Fsp3) is 0.235. The van der Waals surface area contributed by atoms with Gasteiger partial charge in [-0.1, -0.05) is 23.2 Å². The first kappa shape index (κ1) is 17.9. The summed E-state index contributed by atoms with van der Waals surface area (Å²) in [5, 5.41) is 2.00. The molecule has 2 N–H and O–H groups in total. The number of rotatable bonds is 5. The van der Waals surface area contributed by atoms with Gasteiger partial charge in [0.1, 0.15) is 6.33 Å². The van der Waals surface area contributed by atoms with Gasteiger partial charge in [0.15, 0.2) is 22.1 Å². The number of aromatic nitrogens is 4. The maximum atomic E-state index is 6.36. The maximum Gasteiger partial charge on any atom is 0.175 e. The molecule has 0 fully saturated rings. The molecule has 2 aromatic heterocycles. The molecular formula is C17H15Cl2N5S. The highest BCUT2D eigenvalue weighted by molar-refractivity contribution is 7.99. The molecule has 128 valence electrons. The van der Waals surface area contributed by atoms with Crippen LogP contribution >= 0.6 is 35.0 Å². The summed E-state index contributed by atoms with van der Waals surface area (Å²) in [6.45, 7) is 2.59. The number of imidazole rings is 1. The first-order valence-corrected chi connectivity index (χ1v) is 9.12. The van der Waals surface area contributed by atoms with Crippen molar-refractivity contribution in [2.75, 3.05) is 5.73 Å². The standard InChI is InChI=1S/C17H15Cl2N5S/c1-3-4-5-6-24-16-14(15(20)21-9-22-16)23-17(24)25-13-8-11(18)10(2)7-12(13)19/h1,7-9H,4-6H2,2H3,(H2,20,21,22). The van der Waals surface area contributed by atoms with E-state index >= 15 is 0 Å². The molecule has 0 aliphatic rings. The quantitative estimate of drug-likeness (QED) is 0.508. The first-order valence-electron chi connectivity index (χ1n) is 7.55. The Bertz CT molecular complexity index is 977. The van der Waals surface area contributed by atoms with Crippen LogP contribution in [0.3, 0.4) is 0 Å². The largest absolute Gasteiger partial charge is 0.382 e. The third kappa shape index (κ3) is 3.69. The Labute approximate surface area is 160 Å². The molecule has 0 atom stereocenters. The molecule has 3 rings (SSSR count). The molecule has 0 aliphatic heterocycles. The molecule has 0 unspecified atom stereocenters. The Kier molecular flexibility index (Phi) is 5.38. The zero-order chi connectivity index (χ0) is 18.0. The number of fused-ring (bicyclic) bond motifs is 1. The zero-order valence-electron chi connectivity index (χ0n) is 13.5. The summed E-state index contributed by atoms with van der Waals surface area (Å²) in [6.07, 6.45) is 8.27. The van der Waals surface area contributed by atoms with Crippen LogP contribution in [0.4, 0.5) is 5.82 Å². The van der Waals surface area contributed by atoms with Crippen LogP contribution in [0.25, 0.3) is 11.2 Å². The first-order chi connectivity index (χ1) is 12.0. The second-order valence-corrected chi connectivity index (χ2v) is 7.24. The van der Waals surface area contributed by atoms with Crippen molar-refractivity contribution in [2.45, 2.75) is 36.4 Å². The van der Waals surface area contributed by atoms with E-state index in [-0.39, 0.29) is 0 Å². The summed E-state index contributed by atoms with van der Waals surface area (Å²) in [6, 6.07) is 3.68. The van der Waals surface area contributed by atoms with Crippen molar-refractivity contribution in [3.05, 3.63) is 34.1 Å². The van der Waals surface area contributed by atoms with E-state index in [1.807, 2.05) is 23.6 Å². The van der Waals surface area contributed by atoms with Crippen LogP contribution in [-0.2, 0) is 6.54 Å². The van der Waals surface area contributed by atoms with Crippen molar-refractivity contribution in [1.82, 2.24) is 19.5 Å². The van der Waals surface area contributed by atoms with Crippen LogP contribution in [-0.4, -0.2) is 19.5 Å². The van der Waals surface area contributed by atoms with Gasteiger partial charge in [-0.2, -0.15) is 0 Å². The minimum atomic E-state index is 0.343. The second-order valence-electron chi connectivity index (χ2n) is 5.42. The predicted octanol–water partition coefficient (Wildman–Crippen LogP) is 4.59. The van der Waals surface area contributed by atoms with Gasteiger partial charge in [0.05, 0.1) is 5.02 Å². The minimum absolute atomic E-state index is 0.343. The minimum Gasteiger partial charge on any atom is -0.382 e. The molecule has 25 heavy (non-hydrogen) atoms. The summed E-state index contributed by atoms with van der Waals surface area (Å²) in [5.74, 6) is 2.99. The van der Waals surface area contributed by atoms with Gasteiger partial charge in [0, 0.05) is 22.9 Å². The highest BCUT2D eigenvalue weighted by Gasteiger charge is 2.17. The number of nitrogens with zero attached hydrogens (tertiary/aromatic N) is 4. The number of benzene rings is 1. The van der Waals surface area contributed by atoms with E-state index in [2.05, 4.69) is 20.9 Å². The van der Waals surface area contributed by atoms with Gasteiger partial charge >= 0.3 is 0 Å². The molecule has 8 heteroatoms. The number of hydrogen-bond acceptors (Lipinski definition) is 5. The molecule has 5 nitrogen and oxygen atoms in total. The van der Waals surface area contributed by atoms with E-state index in [0.717, 1.165) is 22.0 Å². The third-order valence-corrected chi connectivity index (χ3v) is 5.53. The molecule has 2 heterocycles. The molecule has 1 aromatic carbocycles. The lowest BCUT2D eigenvalue weighted by molar-refractivity contribution is 0.615. The summed E-state index contributed by atoms with van der Waals surface area (Å²) in [4.78, 5) is 13.8. The smallest absolute Gasteiger partial charge is 0.175 e. The lowest BCUT2D eigenvalue weighted by Gasteiger charge is -2.09. The van der Waals surface area contributed by atoms with Gasteiger partial charge < -0.3 is 10.3 Å². The summed E-state index contributed by atoms with van der Waals surface area (Å²) >= 11 is 14.0. The third-order valence-electron chi connectivity index (χ3n) is 3.64. The Morgan fingerprint density at radius 2 is 2.08 bits per heavy atom. The normalized spacial score (nSPS) is 11.0. The molecule has 0 saturated carbocycles. The van der Waals surface area contributed by atoms with E-state index in [1.54, 1.807) is 0 Å². The highest BCUT2D eigenvalue weighted by Crippen LogP contribution is 2.37. The number of nitrogens with two attached hydrogens (primary N) is 1. The van der Waals surface area contributed by atoms with Crippen LogP contribution in [0.15, 0.2) is 28.5 Å². The van der Waals surface area contributed by atoms with E-state index < -0.39 is 0 Å². The summed E-state index contributed by atoms with van der Waals surface area (Å²) in [7, 11) is 0. The van der Waals surface area contributed by atoms with Gasteiger partial charge in [-0.05, 0) is 42.8 Å². The molecule has 3 aromatic rings. The molecular weight excluding hydrogens is 377 g/mol. The highest BCUT2D eigenvalue weighted by atomic mass is 35.5. The molecule has 0 aliphatic carbocycles. The van der Waals surface area contributed by atoms with Crippen molar-refractivity contribution in [3.8, 4) is 12.3 Å². The van der Waals surface area contributed by atoms with Crippen molar-refractivity contribution in [1.29, 1.82) is 0 Å². The summed E-state index contributed by atoms with van der Waals surface area (Å²) < 4.78 is 1.99. The van der Waals surface area contributed by atoms with Crippen LogP contribution in [0.5, 0.6) is 0 Å². The van der Waals surface area contributed by atoms with Crippen LogP contribution < -0.4 is 5.73 Å². The SMILES string of the molecule is C#CCCCn1c(Sc2cc(Cl)c(C)cc2Cl)nc2c(N)ncnc21. The molecule has 0 spiro atoms. The predicted molar refractivity (Wildman–Crippen MR) is 103 cm³/mol. The Morgan fingerprint density at radius 1 is 1.28 bits per heavy atom. The number of unbranched alkanes of at least 4 members (excludes halogenated alkanes) is 1. The van der Waals surface area contributed by atoms with Crippen LogP contribution in [0, 0.1) is 19.3 Å². The molecule has 0 saturated heterocycles. The van der Waals surface area contributed by atoms with Gasteiger partial charge in [-0.25, -0.2) is 15.0 Å². The number of aryl methyl sites for hydroxylation is 2. The number of halogens is 2. The lowest BCUT2D eigenvalue weighted by atomic mass is 10.2. The molecule has 0 bridgehead atoms.